The predicted octanol–water partition coefficient (Wildman–Crippen LogP) is -3.87. The number of aromatic amines is 2. The number of nitrogens with two attached hydrogens (primary N) is 1. The molecule has 0 bridgehead atoms. The van der Waals surface area contributed by atoms with E-state index >= 15 is 0 Å². The van der Waals surface area contributed by atoms with Gasteiger partial charge in [-0.2, -0.15) is 0 Å². The monoisotopic (exact) mass is 276 g/mol. The number of hydrogen-bond donors (Lipinski definition) is 8. The number of rotatable bonds is 6. The largest absolute Gasteiger partial charge is 0.394 e. The second-order valence-corrected chi connectivity index (χ2v) is 3.89. The van der Waals surface area contributed by atoms with Gasteiger partial charge in [0.1, 0.15) is 23.7 Å². The van der Waals surface area contributed by atoms with Crippen molar-refractivity contribution >= 4 is 11.5 Å². The van der Waals surface area contributed by atoms with Gasteiger partial charge in [-0.3, -0.25) is 14.8 Å². The third-order valence-corrected chi connectivity index (χ3v) is 2.44. The van der Waals surface area contributed by atoms with Crippen LogP contribution in [0.1, 0.15) is 0 Å². The molecule has 0 aromatic carbocycles. The highest BCUT2D eigenvalue weighted by molar-refractivity contribution is 5.58. The summed E-state index contributed by atoms with van der Waals surface area (Å²) >= 11 is 0. The summed E-state index contributed by atoms with van der Waals surface area (Å²) in [5.74, 6) is -0.113. The number of anilines is 2. The fourth-order valence-corrected chi connectivity index (χ4v) is 1.33. The van der Waals surface area contributed by atoms with Crippen molar-refractivity contribution in [2.24, 2.45) is 0 Å². The number of nitrogens with one attached hydrogen (secondary N) is 3. The van der Waals surface area contributed by atoms with Gasteiger partial charge in [-0.05, 0) is 0 Å². The van der Waals surface area contributed by atoms with Gasteiger partial charge in [-0.15, -0.1) is 0 Å². The zero-order chi connectivity index (χ0) is 14.6. The topological polar surface area (TPSA) is 185 Å². The molecule has 0 fully saturated rings. The van der Waals surface area contributed by atoms with Crippen LogP contribution in [-0.4, -0.2) is 61.9 Å². The number of hydrogen-bond acceptors (Lipinski definition) is 8. The van der Waals surface area contributed by atoms with Crippen LogP contribution in [0.25, 0.3) is 0 Å². The number of aromatic nitrogens is 2. The van der Waals surface area contributed by atoms with Crippen molar-refractivity contribution in [3.05, 3.63) is 20.8 Å². The first-order chi connectivity index (χ1) is 8.86. The first-order valence-corrected chi connectivity index (χ1v) is 5.37. The van der Waals surface area contributed by atoms with Crippen molar-refractivity contribution in [2.75, 3.05) is 24.2 Å². The maximum Gasteiger partial charge on any atom is 0.327 e. The summed E-state index contributed by atoms with van der Waals surface area (Å²) in [6, 6.07) is 0. The molecular weight excluding hydrogens is 260 g/mol. The van der Waals surface area contributed by atoms with Crippen LogP contribution in [0.5, 0.6) is 0 Å². The summed E-state index contributed by atoms with van der Waals surface area (Å²) in [4.78, 5) is 26.3. The lowest BCUT2D eigenvalue weighted by Gasteiger charge is -2.22. The molecule has 0 amide bonds. The summed E-state index contributed by atoms with van der Waals surface area (Å²) in [5.41, 5.74) is 3.52. The van der Waals surface area contributed by atoms with Crippen molar-refractivity contribution in [3.63, 3.8) is 0 Å². The number of aliphatic hydroxyl groups is 4. The van der Waals surface area contributed by atoms with Crippen LogP contribution in [0.15, 0.2) is 9.59 Å². The van der Waals surface area contributed by atoms with Crippen LogP contribution in [-0.2, 0) is 0 Å². The van der Waals surface area contributed by atoms with Crippen LogP contribution in [0.4, 0.5) is 11.5 Å². The molecule has 0 saturated carbocycles. The molecule has 3 unspecified atom stereocenters. The molecule has 0 aliphatic heterocycles. The van der Waals surface area contributed by atoms with Crippen LogP contribution in [0.3, 0.4) is 0 Å². The van der Waals surface area contributed by atoms with Crippen LogP contribution >= 0.6 is 0 Å². The van der Waals surface area contributed by atoms with Gasteiger partial charge in [0, 0.05) is 6.54 Å². The van der Waals surface area contributed by atoms with Gasteiger partial charge in [-0.1, -0.05) is 0 Å². The minimum atomic E-state index is -1.59. The molecule has 1 aromatic rings. The van der Waals surface area contributed by atoms with E-state index in [2.05, 4.69) is 10.3 Å². The first-order valence-electron chi connectivity index (χ1n) is 5.37. The van der Waals surface area contributed by atoms with Gasteiger partial charge < -0.3 is 31.5 Å². The molecule has 108 valence electrons. The smallest absolute Gasteiger partial charge is 0.327 e. The van der Waals surface area contributed by atoms with Crippen molar-refractivity contribution in [1.82, 2.24) is 9.97 Å². The maximum absolute atomic E-state index is 11.2. The molecule has 19 heavy (non-hydrogen) atoms. The summed E-state index contributed by atoms with van der Waals surface area (Å²) in [5, 5.41) is 39.0. The second kappa shape index (κ2) is 6.33. The minimum absolute atomic E-state index is 0.113. The zero-order valence-corrected chi connectivity index (χ0v) is 9.83. The Morgan fingerprint density at radius 2 is 1.79 bits per heavy atom. The predicted molar refractivity (Wildman–Crippen MR) is 65.7 cm³/mol. The van der Waals surface area contributed by atoms with E-state index in [1.807, 2.05) is 4.98 Å². The van der Waals surface area contributed by atoms with E-state index in [-0.39, 0.29) is 18.1 Å². The highest BCUT2D eigenvalue weighted by Crippen LogP contribution is 2.07. The molecule has 0 radical (unpaired) electrons. The fraction of sp³-hybridized carbons (Fsp3) is 0.556. The van der Waals surface area contributed by atoms with Crippen molar-refractivity contribution in [1.29, 1.82) is 0 Å². The van der Waals surface area contributed by atoms with Gasteiger partial charge in [-0.25, -0.2) is 4.79 Å². The van der Waals surface area contributed by atoms with Gasteiger partial charge in [0.25, 0.3) is 5.56 Å². The van der Waals surface area contributed by atoms with Gasteiger partial charge in [0.05, 0.1) is 12.7 Å². The lowest BCUT2D eigenvalue weighted by Crippen LogP contribution is -2.43. The molecular formula is C9H16N4O6. The highest BCUT2D eigenvalue weighted by atomic mass is 16.4. The Morgan fingerprint density at radius 1 is 1.16 bits per heavy atom. The van der Waals surface area contributed by atoms with E-state index in [4.69, 9.17) is 15.9 Å². The molecule has 0 aliphatic rings. The Balaban J connectivity index is 2.72. The third kappa shape index (κ3) is 3.79. The fourth-order valence-electron chi connectivity index (χ4n) is 1.33. The van der Waals surface area contributed by atoms with Gasteiger partial charge >= 0.3 is 5.69 Å². The maximum atomic E-state index is 11.2. The van der Waals surface area contributed by atoms with Gasteiger partial charge in [0.2, 0.25) is 0 Å². The molecule has 1 aromatic heterocycles. The van der Waals surface area contributed by atoms with E-state index in [1.165, 1.54) is 0 Å². The highest BCUT2D eigenvalue weighted by Gasteiger charge is 2.24. The summed E-state index contributed by atoms with van der Waals surface area (Å²) in [7, 11) is 0. The number of aliphatic hydroxyl groups excluding tert-OH is 4. The Labute approximate surface area is 106 Å². The molecule has 0 aliphatic carbocycles. The second-order valence-electron chi connectivity index (χ2n) is 3.89. The van der Waals surface area contributed by atoms with Gasteiger partial charge in [0.15, 0.2) is 0 Å². The Kier molecular flexibility index (Phi) is 5.06. The van der Waals surface area contributed by atoms with E-state index in [9.17, 15) is 19.8 Å². The number of nitrogen functional groups attached to an aromatic ring is 1. The molecule has 10 nitrogen and oxygen atoms in total. The Hall–Kier alpha value is -1.88. The SMILES string of the molecule is Nc1c(NCC(O)C(O)C(O)CO)[nH]c(=O)[nH]c1=O. The Morgan fingerprint density at radius 3 is 2.37 bits per heavy atom. The zero-order valence-electron chi connectivity index (χ0n) is 9.83. The summed E-state index contributed by atoms with van der Waals surface area (Å²) in [6.07, 6.45) is -4.54. The normalized spacial score (nSPS) is 15.8. The van der Waals surface area contributed by atoms with E-state index in [1.54, 1.807) is 0 Å². The average molecular weight is 276 g/mol. The quantitative estimate of drug-likeness (QED) is 0.259. The average Bonchev–Trinajstić information content (AvgIpc) is 2.38. The molecule has 0 spiro atoms. The van der Waals surface area contributed by atoms with E-state index in [0.717, 1.165) is 0 Å². The Bertz CT molecular complexity index is 526. The lowest BCUT2D eigenvalue weighted by atomic mass is 10.1. The molecule has 3 atom stereocenters. The van der Waals surface area contributed by atoms with E-state index in [0.29, 0.717) is 0 Å². The van der Waals surface area contributed by atoms with Crippen molar-refractivity contribution in [3.8, 4) is 0 Å². The van der Waals surface area contributed by atoms with E-state index < -0.39 is 36.2 Å². The third-order valence-electron chi connectivity index (χ3n) is 2.44. The standard InChI is InChI=1S/C9H16N4O6/c10-5-7(12-9(19)13-8(5)18)11-1-3(15)6(17)4(16)2-14/h3-4,6,14-17H,1-2,10H2,(H3,11,12,13,18,19). The molecule has 0 saturated heterocycles. The molecule has 1 rings (SSSR count). The summed E-state index contributed by atoms with van der Waals surface area (Å²) in [6.45, 7) is -1.02. The van der Waals surface area contributed by atoms with Crippen LogP contribution in [0, 0.1) is 0 Å². The van der Waals surface area contributed by atoms with Crippen molar-refractivity contribution in [2.45, 2.75) is 18.3 Å². The molecule has 1 heterocycles. The first kappa shape index (κ1) is 15.2. The lowest BCUT2D eigenvalue weighted by molar-refractivity contribution is -0.0715. The summed E-state index contributed by atoms with van der Waals surface area (Å²) < 4.78 is 0. The van der Waals surface area contributed by atoms with Crippen LogP contribution < -0.4 is 22.3 Å². The van der Waals surface area contributed by atoms with Crippen LogP contribution in [0.2, 0.25) is 0 Å². The minimum Gasteiger partial charge on any atom is -0.394 e. The molecule has 10 heteroatoms. The van der Waals surface area contributed by atoms with Crippen molar-refractivity contribution < 1.29 is 20.4 Å². The number of H-pyrrole nitrogens is 2. The molecule has 9 N–H and O–H groups in total.